The van der Waals surface area contributed by atoms with Crippen LogP contribution in [0.15, 0.2) is 53.9 Å². The molecule has 0 aliphatic rings. The van der Waals surface area contributed by atoms with Gasteiger partial charge in [-0.3, -0.25) is 0 Å². The van der Waals surface area contributed by atoms with Crippen LogP contribution in [0.2, 0.25) is 0 Å². The number of nitrogen functional groups attached to an aromatic ring is 1. The zero-order valence-electron chi connectivity index (χ0n) is 11.6. The van der Waals surface area contributed by atoms with E-state index in [0.717, 1.165) is 22.7 Å². The van der Waals surface area contributed by atoms with Crippen molar-refractivity contribution in [3.63, 3.8) is 0 Å². The van der Waals surface area contributed by atoms with E-state index >= 15 is 0 Å². The number of aromatic nitrogens is 4. The van der Waals surface area contributed by atoms with Crippen LogP contribution < -0.4 is 5.73 Å². The molecule has 106 valence electrons. The fourth-order valence-electron chi connectivity index (χ4n) is 1.93. The number of thioether (sulfide) groups is 1. The van der Waals surface area contributed by atoms with Gasteiger partial charge < -0.3 is 5.73 Å². The molecule has 0 aliphatic carbocycles. The summed E-state index contributed by atoms with van der Waals surface area (Å²) in [5.74, 6) is 1.26. The predicted octanol–water partition coefficient (Wildman–Crippen LogP) is 2.85. The van der Waals surface area contributed by atoms with Gasteiger partial charge in [0.1, 0.15) is 5.82 Å². The standard InChI is InChI=1S/C15H15N5S/c1-11-7-14(16)19-15(18-11)21-10-12-8-17-20(9-12)13-5-3-2-4-6-13/h2-9H,10H2,1H3,(H2,16,18,19). The average molecular weight is 297 g/mol. The van der Waals surface area contributed by atoms with Crippen LogP contribution in [0.3, 0.4) is 0 Å². The number of hydrogen-bond donors (Lipinski definition) is 1. The maximum atomic E-state index is 5.73. The highest BCUT2D eigenvalue weighted by Crippen LogP contribution is 2.20. The predicted molar refractivity (Wildman–Crippen MR) is 84.3 cm³/mol. The van der Waals surface area contributed by atoms with E-state index in [1.807, 2.05) is 54.3 Å². The van der Waals surface area contributed by atoms with Crippen molar-refractivity contribution in [1.29, 1.82) is 0 Å². The second kappa shape index (κ2) is 5.97. The van der Waals surface area contributed by atoms with Gasteiger partial charge in [-0.1, -0.05) is 30.0 Å². The second-order valence-corrected chi connectivity index (χ2v) is 5.58. The number of benzene rings is 1. The zero-order chi connectivity index (χ0) is 14.7. The number of rotatable bonds is 4. The van der Waals surface area contributed by atoms with Crippen LogP contribution in [0.5, 0.6) is 0 Å². The van der Waals surface area contributed by atoms with Crippen LogP contribution in [0.1, 0.15) is 11.3 Å². The molecule has 2 aromatic heterocycles. The minimum absolute atomic E-state index is 0.505. The van der Waals surface area contributed by atoms with Gasteiger partial charge in [-0.15, -0.1) is 0 Å². The number of nitrogens with two attached hydrogens (primary N) is 1. The Labute approximate surface area is 127 Å². The molecule has 3 aromatic rings. The molecule has 0 saturated carbocycles. The minimum Gasteiger partial charge on any atom is -0.384 e. The molecule has 0 saturated heterocycles. The van der Waals surface area contributed by atoms with E-state index in [4.69, 9.17) is 5.73 Å². The number of para-hydroxylation sites is 1. The Hall–Kier alpha value is -2.34. The highest BCUT2D eigenvalue weighted by atomic mass is 32.2. The summed E-state index contributed by atoms with van der Waals surface area (Å²) in [4.78, 5) is 8.58. The van der Waals surface area contributed by atoms with Crippen molar-refractivity contribution in [1.82, 2.24) is 19.7 Å². The molecule has 2 heterocycles. The van der Waals surface area contributed by atoms with E-state index in [-0.39, 0.29) is 0 Å². The van der Waals surface area contributed by atoms with Crippen molar-refractivity contribution in [2.75, 3.05) is 5.73 Å². The van der Waals surface area contributed by atoms with Gasteiger partial charge in [0.05, 0.1) is 11.9 Å². The lowest BCUT2D eigenvalue weighted by molar-refractivity contribution is 0.880. The van der Waals surface area contributed by atoms with Gasteiger partial charge in [-0.05, 0) is 19.1 Å². The molecule has 0 atom stereocenters. The monoisotopic (exact) mass is 297 g/mol. The summed E-state index contributed by atoms with van der Waals surface area (Å²) in [6.07, 6.45) is 3.88. The fraction of sp³-hybridized carbons (Fsp3) is 0.133. The Kier molecular flexibility index (Phi) is 3.87. The lowest BCUT2D eigenvalue weighted by Gasteiger charge is -2.01. The third-order valence-electron chi connectivity index (χ3n) is 2.88. The van der Waals surface area contributed by atoms with E-state index < -0.39 is 0 Å². The number of nitrogens with zero attached hydrogens (tertiary/aromatic N) is 4. The maximum absolute atomic E-state index is 5.73. The van der Waals surface area contributed by atoms with Crippen molar-refractivity contribution in [3.8, 4) is 5.69 Å². The summed E-state index contributed by atoms with van der Waals surface area (Å²) in [6.45, 7) is 1.91. The van der Waals surface area contributed by atoms with Gasteiger partial charge in [0.2, 0.25) is 0 Å². The number of aryl methyl sites for hydroxylation is 1. The maximum Gasteiger partial charge on any atom is 0.190 e. The summed E-state index contributed by atoms with van der Waals surface area (Å²) < 4.78 is 1.86. The second-order valence-electron chi connectivity index (χ2n) is 4.63. The Bertz CT molecular complexity index is 719. The Morgan fingerprint density at radius 1 is 1.19 bits per heavy atom. The summed E-state index contributed by atoms with van der Waals surface area (Å²) in [7, 11) is 0. The van der Waals surface area contributed by atoms with Crippen LogP contribution in [-0.4, -0.2) is 19.7 Å². The van der Waals surface area contributed by atoms with Crippen molar-refractivity contribution < 1.29 is 0 Å². The molecule has 0 amide bonds. The van der Waals surface area contributed by atoms with Crippen LogP contribution in [0.4, 0.5) is 5.82 Å². The molecule has 0 unspecified atom stereocenters. The van der Waals surface area contributed by atoms with E-state index in [1.165, 1.54) is 0 Å². The Morgan fingerprint density at radius 3 is 2.76 bits per heavy atom. The molecule has 5 nitrogen and oxygen atoms in total. The van der Waals surface area contributed by atoms with Crippen molar-refractivity contribution >= 4 is 17.6 Å². The molecular weight excluding hydrogens is 282 g/mol. The lowest BCUT2D eigenvalue weighted by Crippen LogP contribution is -1.96. The van der Waals surface area contributed by atoms with Crippen LogP contribution in [-0.2, 0) is 5.75 Å². The van der Waals surface area contributed by atoms with Gasteiger partial charge in [-0.25, -0.2) is 14.6 Å². The molecule has 0 spiro atoms. The summed E-state index contributed by atoms with van der Waals surface area (Å²) in [5, 5.41) is 5.07. The normalized spacial score (nSPS) is 10.7. The first-order chi connectivity index (χ1) is 10.2. The highest BCUT2D eigenvalue weighted by Gasteiger charge is 2.04. The van der Waals surface area contributed by atoms with E-state index in [1.54, 1.807) is 17.8 Å². The van der Waals surface area contributed by atoms with E-state index in [2.05, 4.69) is 15.1 Å². The largest absolute Gasteiger partial charge is 0.384 e. The van der Waals surface area contributed by atoms with Crippen LogP contribution >= 0.6 is 11.8 Å². The Balaban J connectivity index is 1.70. The van der Waals surface area contributed by atoms with Crippen molar-refractivity contribution in [2.45, 2.75) is 17.8 Å². The van der Waals surface area contributed by atoms with E-state index in [9.17, 15) is 0 Å². The summed E-state index contributed by atoms with van der Waals surface area (Å²) in [5.41, 5.74) is 8.77. The summed E-state index contributed by atoms with van der Waals surface area (Å²) in [6, 6.07) is 11.8. The van der Waals surface area contributed by atoms with Crippen LogP contribution in [0.25, 0.3) is 5.69 Å². The molecule has 2 N–H and O–H groups in total. The average Bonchev–Trinajstić information content (AvgIpc) is 2.94. The third-order valence-corrected chi connectivity index (χ3v) is 3.80. The quantitative estimate of drug-likeness (QED) is 0.592. The first-order valence-corrected chi connectivity index (χ1v) is 7.52. The SMILES string of the molecule is Cc1cc(N)nc(SCc2cnn(-c3ccccc3)c2)n1. The minimum atomic E-state index is 0.505. The zero-order valence-corrected chi connectivity index (χ0v) is 12.4. The van der Waals surface area contributed by atoms with Gasteiger partial charge >= 0.3 is 0 Å². The molecular formula is C15H15N5S. The van der Waals surface area contributed by atoms with Crippen molar-refractivity contribution in [2.24, 2.45) is 0 Å². The number of hydrogen-bond acceptors (Lipinski definition) is 5. The van der Waals surface area contributed by atoms with Gasteiger partial charge in [0, 0.05) is 29.3 Å². The topological polar surface area (TPSA) is 69.6 Å². The molecule has 0 bridgehead atoms. The molecule has 21 heavy (non-hydrogen) atoms. The van der Waals surface area contributed by atoms with Gasteiger partial charge in [-0.2, -0.15) is 5.10 Å². The molecule has 0 aliphatic heterocycles. The smallest absolute Gasteiger partial charge is 0.190 e. The third kappa shape index (κ3) is 3.41. The molecule has 0 radical (unpaired) electrons. The van der Waals surface area contributed by atoms with Gasteiger partial charge in [0.25, 0.3) is 0 Å². The first-order valence-electron chi connectivity index (χ1n) is 6.53. The van der Waals surface area contributed by atoms with Gasteiger partial charge in [0.15, 0.2) is 5.16 Å². The first kappa shape index (κ1) is 13.6. The number of anilines is 1. The molecule has 1 aromatic carbocycles. The van der Waals surface area contributed by atoms with Crippen molar-refractivity contribution in [3.05, 3.63) is 60.0 Å². The van der Waals surface area contributed by atoms with E-state index in [0.29, 0.717) is 11.0 Å². The molecule has 3 rings (SSSR count). The highest BCUT2D eigenvalue weighted by molar-refractivity contribution is 7.98. The lowest BCUT2D eigenvalue weighted by atomic mass is 10.3. The fourth-order valence-corrected chi connectivity index (χ4v) is 2.76. The Morgan fingerprint density at radius 2 is 2.00 bits per heavy atom. The van der Waals surface area contributed by atoms with Crippen LogP contribution in [0, 0.1) is 6.92 Å². The summed E-state index contributed by atoms with van der Waals surface area (Å²) >= 11 is 1.55. The molecule has 6 heteroatoms. The molecule has 0 fully saturated rings.